The van der Waals surface area contributed by atoms with Crippen molar-refractivity contribution in [3.63, 3.8) is 0 Å². The molecule has 0 aliphatic heterocycles. The molecule has 2 aromatic carbocycles. The quantitative estimate of drug-likeness (QED) is 0.745. The zero-order chi connectivity index (χ0) is 18.5. The van der Waals surface area contributed by atoms with E-state index in [4.69, 9.17) is 5.73 Å². The van der Waals surface area contributed by atoms with Crippen LogP contribution in [-0.4, -0.2) is 16.8 Å². The molecule has 0 spiro atoms. The van der Waals surface area contributed by atoms with Crippen molar-refractivity contribution < 1.29 is 9.59 Å². The predicted molar refractivity (Wildman–Crippen MR) is 99.7 cm³/mol. The van der Waals surface area contributed by atoms with Gasteiger partial charge in [0.2, 0.25) is 5.91 Å². The molecule has 2 amide bonds. The van der Waals surface area contributed by atoms with E-state index in [0.717, 1.165) is 16.7 Å². The number of pyridine rings is 1. The maximum Gasteiger partial charge on any atom is 0.270 e. The smallest absolute Gasteiger partial charge is 0.270 e. The summed E-state index contributed by atoms with van der Waals surface area (Å²) in [6.45, 7) is 2.02. The average Bonchev–Trinajstić information content (AvgIpc) is 2.67. The van der Waals surface area contributed by atoms with Crippen LogP contribution in [0.3, 0.4) is 0 Å². The Morgan fingerprint density at radius 3 is 2.15 bits per heavy atom. The summed E-state index contributed by atoms with van der Waals surface area (Å²) in [5.41, 5.74) is 8.79. The van der Waals surface area contributed by atoms with Gasteiger partial charge in [0.15, 0.2) is 0 Å². The highest BCUT2D eigenvalue weighted by Crippen LogP contribution is 2.22. The molecule has 1 heterocycles. The van der Waals surface area contributed by atoms with Gasteiger partial charge in [0.1, 0.15) is 5.69 Å². The lowest BCUT2D eigenvalue weighted by Gasteiger charge is -2.20. The van der Waals surface area contributed by atoms with E-state index < -0.39 is 5.91 Å². The van der Waals surface area contributed by atoms with Gasteiger partial charge in [0.25, 0.3) is 5.91 Å². The highest BCUT2D eigenvalue weighted by atomic mass is 16.2. The summed E-state index contributed by atoms with van der Waals surface area (Å²) in [6, 6.07) is 20.4. The SMILES string of the molecule is Cc1ccc(C(NC(=O)c2ccc(C(N)=O)cn2)c2ccccc2)cc1. The van der Waals surface area contributed by atoms with Gasteiger partial charge in [-0.2, -0.15) is 0 Å². The summed E-state index contributed by atoms with van der Waals surface area (Å²) in [5.74, 6) is -0.901. The molecular formula is C21H19N3O2. The first-order valence-electron chi connectivity index (χ1n) is 8.23. The van der Waals surface area contributed by atoms with E-state index in [1.54, 1.807) is 0 Å². The second-order valence-electron chi connectivity index (χ2n) is 6.02. The highest BCUT2D eigenvalue weighted by Gasteiger charge is 2.18. The average molecular weight is 345 g/mol. The number of amides is 2. The molecule has 3 N–H and O–H groups in total. The van der Waals surface area contributed by atoms with Crippen LogP contribution in [0.4, 0.5) is 0 Å². The van der Waals surface area contributed by atoms with Crippen LogP contribution >= 0.6 is 0 Å². The van der Waals surface area contributed by atoms with E-state index in [2.05, 4.69) is 10.3 Å². The predicted octanol–water partition coefficient (Wildman–Crippen LogP) is 3.01. The summed E-state index contributed by atoms with van der Waals surface area (Å²) in [5, 5.41) is 3.02. The van der Waals surface area contributed by atoms with Crippen LogP contribution in [0.5, 0.6) is 0 Å². The minimum absolute atomic E-state index is 0.225. The second kappa shape index (κ2) is 7.61. The van der Waals surface area contributed by atoms with Gasteiger partial charge in [-0.05, 0) is 30.2 Å². The number of hydrogen-bond acceptors (Lipinski definition) is 3. The maximum atomic E-state index is 12.7. The lowest BCUT2D eigenvalue weighted by Crippen LogP contribution is -2.30. The van der Waals surface area contributed by atoms with Crippen LogP contribution in [0.1, 0.15) is 43.6 Å². The molecule has 0 aliphatic carbocycles. The molecule has 1 unspecified atom stereocenters. The Hall–Kier alpha value is -3.47. The molecular weight excluding hydrogens is 326 g/mol. The summed E-state index contributed by atoms with van der Waals surface area (Å²) in [7, 11) is 0. The number of rotatable bonds is 5. The lowest BCUT2D eigenvalue weighted by atomic mass is 9.97. The van der Waals surface area contributed by atoms with Crippen LogP contribution in [0.25, 0.3) is 0 Å². The molecule has 1 atom stereocenters. The fraction of sp³-hybridized carbons (Fsp3) is 0.0952. The van der Waals surface area contributed by atoms with Crippen molar-refractivity contribution >= 4 is 11.8 Å². The maximum absolute atomic E-state index is 12.7. The zero-order valence-electron chi connectivity index (χ0n) is 14.3. The molecule has 1 aromatic heterocycles. The third kappa shape index (κ3) is 3.95. The molecule has 0 aliphatic rings. The summed E-state index contributed by atoms with van der Waals surface area (Å²) < 4.78 is 0. The van der Waals surface area contributed by atoms with Crippen LogP contribution in [0.2, 0.25) is 0 Å². The van der Waals surface area contributed by atoms with Crippen molar-refractivity contribution in [3.8, 4) is 0 Å². The van der Waals surface area contributed by atoms with Gasteiger partial charge >= 0.3 is 0 Å². The molecule has 0 saturated heterocycles. The zero-order valence-corrected chi connectivity index (χ0v) is 14.3. The Kier molecular flexibility index (Phi) is 5.08. The fourth-order valence-electron chi connectivity index (χ4n) is 2.64. The van der Waals surface area contributed by atoms with E-state index in [0.29, 0.717) is 0 Å². The minimum Gasteiger partial charge on any atom is -0.366 e. The summed E-state index contributed by atoms with van der Waals surface area (Å²) in [4.78, 5) is 27.8. The lowest BCUT2D eigenvalue weighted by molar-refractivity contribution is 0.0935. The van der Waals surface area contributed by atoms with E-state index in [9.17, 15) is 9.59 Å². The number of benzene rings is 2. The van der Waals surface area contributed by atoms with E-state index in [1.807, 2.05) is 61.5 Å². The van der Waals surface area contributed by atoms with Gasteiger partial charge in [-0.3, -0.25) is 14.6 Å². The van der Waals surface area contributed by atoms with Crippen molar-refractivity contribution in [3.05, 3.63) is 101 Å². The van der Waals surface area contributed by atoms with Gasteiger partial charge in [-0.25, -0.2) is 0 Å². The molecule has 0 bridgehead atoms. The van der Waals surface area contributed by atoms with E-state index in [1.165, 1.54) is 18.3 Å². The van der Waals surface area contributed by atoms with Crippen molar-refractivity contribution in [1.82, 2.24) is 10.3 Å². The summed E-state index contributed by atoms with van der Waals surface area (Å²) >= 11 is 0. The van der Waals surface area contributed by atoms with Crippen LogP contribution in [0.15, 0.2) is 72.9 Å². The Labute approximate surface area is 151 Å². The number of nitrogens with one attached hydrogen (secondary N) is 1. The first-order chi connectivity index (χ1) is 12.5. The van der Waals surface area contributed by atoms with E-state index >= 15 is 0 Å². The van der Waals surface area contributed by atoms with Crippen molar-refractivity contribution in [1.29, 1.82) is 0 Å². The van der Waals surface area contributed by atoms with Gasteiger partial charge in [-0.15, -0.1) is 0 Å². The van der Waals surface area contributed by atoms with Gasteiger partial charge in [0, 0.05) is 6.20 Å². The number of aromatic nitrogens is 1. The first-order valence-corrected chi connectivity index (χ1v) is 8.23. The highest BCUT2D eigenvalue weighted by molar-refractivity contribution is 5.95. The molecule has 5 nitrogen and oxygen atoms in total. The third-order valence-electron chi connectivity index (χ3n) is 4.10. The molecule has 26 heavy (non-hydrogen) atoms. The van der Waals surface area contributed by atoms with Crippen LogP contribution in [-0.2, 0) is 0 Å². The monoisotopic (exact) mass is 345 g/mol. The normalized spacial score (nSPS) is 11.6. The molecule has 130 valence electrons. The van der Waals surface area contributed by atoms with Gasteiger partial charge < -0.3 is 11.1 Å². The number of nitrogens with zero attached hydrogens (tertiary/aromatic N) is 1. The molecule has 5 heteroatoms. The Bertz CT molecular complexity index is 904. The number of nitrogens with two attached hydrogens (primary N) is 1. The fourth-order valence-corrected chi connectivity index (χ4v) is 2.64. The molecule has 0 radical (unpaired) electrons. The third-order valence-corrected chi connectivity index (χ3v) is 4.10. The van der Waals surface area contributed by atoms with Crippen LogP contribution < -0.4 is 11.1 Å². The Morgan fingerprint density at radius 2 is 1.58 bits per heavy atom. The van der Waals surface area contributed by atoms with Crippen molar-refractivity contribution in [2.45, 2.75) is 13.0 Å². The van der Waals surface area contributed by atoms with Crippen molar-refractivity contribution in [2.75, 3.05) is 0 Å². The Morgan fingerprint density at radius 1 is 0.923 bits per heavy atom. The number of aryl methyl sites for hydroxylation is 1. The van der Waals surface area contributed by atoms with Crippen molar-refractivity contribution in [2.24, 2.45) is 5.73 Å². The topological polar surface area (TPSA) is 85.1 Å². The standard InChI is InChI=1S/C21H19N3O2/c1-14-7-9-16(10-8-14)19(15-5-3-2-4-6-15)24-21(26)18-12-11-17(13-23-18)20(22)25/h2-13,19H,1H3,(H2,22,25)(H,24,26). The van der Waals surface area contributed by atoms with Gasteiger partial charge in [-0.1, -0.05) is 60.2 Å². The minimum atomic E-state index is -0.578. The second-order valence-corrected chi connectivity index (χ2v) is 6.02. The number of hydrogen-bond donors (Lipinski definition) is 2. The van der Waals surface area contributed by atoms with E-state index in [-0.39, 0.29) is 23.2 Å². The summed E-state index contributed by atoms with van der Waals surface area (Å²) in [6.07, 6.45) is 1.31. The Balaban J connectivity index is 1.89. The van der Waals surface area contributed by atoms with Crippen LogP contribution in [0, 0.1) is 6.92 Å². The first kappa shape index (κ1) is 17.4. The number of carbonyl (C=O) groups is 2. The largest absolute Gasteiger partial charge is 0.366 e. The van der Waals surface area contributed by atoms with Gasteiger partial charge in [0.05, 0.1) is 11.6 Å². The molecule has 0 fully saturated rings. The molecule has 3 aromatic rings. The molecule has 0 saturated carbocycles. The number of primary amides is 1. The number of carbonyl (C=O) groups excluding carboxylic acids is 2. The molecule has 3 rings (SSSR count).